The Bertz CT molecular complexity index is 576. The maximum Gasteiger partial charge on any atom is 0.304 e. The van der Waals surface area contributed by atoms with Gasteiger partial charge in [-0.15, -0.1) is 0 Å². The summed E-state index contributed by atoms with van der Waals surface area (Å²) in [7, 11) is -2.46. The van der Waals surface area contributed by atoms with E-state index in [2.05, 4.69) is 25.6 Å². The molecule has 0 fully saturated rings. The van der Waals surface area contributed by atoms with Crippen molar-refractivity contribution in [3.8, 4) is 0 Å². The predicted octanol–water partition coefficient (Wildman–Crippen LogP) is 1.22. The van der Waals surface area contributed by atoms with Gasteiger partial charge in [-0.2, -0.15) is 12.7 Å². The van der Waals surface area contributed by atoms with Crippen molar-refractivity contribution in [3.63, 3.8) is 0 Å². The van der Waals surface area contributed by atoms with E-state index >= 15 is 0 Å². The Hall–Kier alpha value is -1.19. The number of aliphatic carboxylic acids is 1. The first-order valence-electron chi connectivity index (χ1n) is 5.30. The number of halogens is 1. The second-order valence-electron chi connectivity index (χ2n) is 3.90. The van der Waals surface area contributed by atoms with Crippen LogP contribution < -0.4 is 4.72 Å². The molecule has 0 aromatic carbocycles. The third-order valence-electron chi connectivity index (χ3n) is 2.31. The largest absolute Gasteiger partial charge is 0.481 e. The van der Waals surface area contributed by atoms with Crippen LogP contribution in [-0.4, -0.2) is 42.4 Å². The summed E-state index contributed by atoms with van der Waals surface area (Å²) >= 11 is 3.21. The van der Waals surface area contributed by atoms with Crippen LogP contribution in [0.5, 0.6) is 0 Å². The number of aromatic nitrogens is 1. The van der Waals surface area contributed by atoms with Crippen LogP contribution in [-0.2, 0) is 15.0 Å². The minimum absolute atomic E-state index is 0.104. The third kappa shape index (κ3) is 4.77. The molecule has 0 spiro atoms. The van der Waals surface area contributed by atoms with Gasteiger partial charge in [0.15, 0.2) is 0 Å². The molecule has 1 aromatic rings. The van der Waals surface area contributed by atoms with Gasteiger partial charge in [-0.25, -0.2) is 4.98 Å². The quantitative estimate of drug-likeness (QED) is 0.750. The Balaban J connectivity index is 2.78. The fourth-order valence-corrected chi connectivity index (χ4v) is 2.33. The molecular weight excluding hydrogens is 338 g/mol. The number of hydrogen-bond donors (Lipinski definition) is 2. The highest BCUT2D eigenvalue weighted by molar-refractivity contribution is 9.10. The molecule has 1 rings (SSSR count). The van der Waals surface area contributed by atoms with Crippen molar-refractivity contribution in [1.29, 1.82) is 0 Å². The highest BCUT2D eigenvalue weighted by Gasteiger charge is 2.18. The summed E-state index contributed by atoms with van der Waals surface area (Å²) < 4.78 is 27.7. The summed E-state index contributed by atoms with van der Waals surface area (Å²) in [5, 5.41) is 8.53. The normalized spacial score (nSPS) is 11.6. The Labute approximate surface area is 120 Å². The van der Waals surface area contributed by atoms with Crippen molar-refractivity contribution in [2.45, 2.75) is 13.3 Å². The molecule has 0 saturated carbocycles. The lowest BCUT2D eigenvalue weighted by Gasteiger charge is -2.17. The average Bonchev–Trinajstić information content (AvgIpc) is 2.30. The Morgan fingerprint density at radius 1 is 1.58 bits per heavy atom. The maximum absolute atomic E-state index is 11.9. The highest BCUT2D eigenvalue weighted by Crippen LogP contribution is 2.18. The molecule has 0 aliphatic rings. The molecule has 0 aliphatic heterocycles. The lowest BCUT2D eigenvalue weighted by molar-refractivity contribution is -0.137. The van der Waals surface area contributed by atoms with Gasteiger partial charge >= 0.3 is 16.2 Å². The van der Waals surface area contributed by atoms with E-state index < -0.39 is 16.2 Å². The number of carboxylic acid groups (broad SMARTS) is 1. The van der Waals surface area contributed by atoms with Gasteiger partial charge in [-0.3, -0.25) is 9.52 Å². The van der Waals surface area contributed by atoms with Gasteiger partial charge in [-0.1, -0.05) is 0 Å². The lowest BCUT2D eigenvalue weighted by Crippen LogP contribution is -2.34. The standard InChI is InChI=1S/C10H14BrN3O4S/c1-7-5-8(6-12-10(7)11)13-19(17,18)14(2)4-3-9(15)16/h5-6,13H,3-4H2,1-2H3,(H,15,16). The van der Waals surface area contributed by atoms with Crippen molar-refractivity contribution in [2.24, 2.45) is 0 Å². The number of pyridine rings is 1. The van der Waals surface area contributed by atoms with Crippen LogP contribution in [0.15, 0.2) is 16.9 Å². The number of carboxylic acids is 1. The number of hydrogen-bond acceptors (Lipinski definition) is 4. The number of carbonyl (C=O) groups is 1. The minimum atomic E-state index is -3.77. The van der Waals surface area contributed by atoms with Gasteiger partial charge in [0.05, 0.1) is 18.3 Å². The van der Waals surface area contributed by atoms with Gasteiger partial charge in [0, 0.05) is 13.6 Å². The molecule has 0 radical (unpaired) electrons. The molecule has 9 heteroatoms. The first-order valence-corrected chi connectivity index (χ1v) is 7.53. The van der Waals surface area contributed by atoms with E-state index in [0.29, 0.717) is 10.3 Å². The van der Waals surface area contributed by atoms with Gasteiger partial charge in [0.25, 0.3) is 0 Å². The van der Waals surface area contributed by atoms with Crippen LogP contribution >= 0.6 is 15.9 Å². The van der Waals surface area contributed by atoms with Crippen molar-refractivity contribution >= 4 is 37.8 Å². The summed E-state index contributed by atoms with van der Waals surface area (Å²) in [6, 6.07) is 1.62. The van der Waals surface area contributed by atoms with E-state index in [4.69, 9.17) is 5.11 Å². The first kappa shape index (κ1) is 15.9. The second-order valence-corrected chi connectivity index (χ2v) is 6.43. The topological polar surface area (TPSA) is 99.6 Å². The molecule has 1 heterocycles. The molecule has 106 valence electrons. The van der Waals surface area contributed by atoms with Crippen molar-refractivity contribution in [3.05, 3.63) is 22.4 Å². The van der Waals surface area contributed by atoms with E-state index in [1.807, 2.05) is 0 Å². The smallest absolute Gasteiger partial charge is 0.304 e. The van der Waals surface area contributed by atoms with Crippen LogP contribution in [0.4, 0.5) is 5.69 Å². The number of nitrogens with zero attached hydrogens (tertiary/aromatic N) is 2. The average molecular weight is 352 g/mol. The van der Waals surface area contributed by atoms with Crippen molar-refractivity contribution in [1.82, 2.24) is 9.29 Å². The van der Waals surface area contributed by atoms with E-state index in [1.54, 1.807) is 13.0 Å². The highest BCUT2D eigenvalue weighted by atomic mass is 79.9. The van der Waals surface area contributed by atoms with E-state index in [0.717, 1.165) is 9.87 Å². The van der Waals surface area contributed by atoms with Gasteiger partial charge < -0.3 is 5.11 Å². The summed E-state index contributed by atoms with van der Waals surface area (Å²) in [6.07, 6.45) is 1.12. The van der Waals surface area contributed by atoms with Crippen molar-refractivity contribution in [2.75, 3.05) is 18.3 Å². The zero-order valence-corrected chi connectivity index (χ0v) is 12.8. The molecule has 19 heavy (non-hydrogen) atoms. The molecule has 0 atom stereocenters. The Morgan fingerprint density at radius 3 is 2.74 bits per heavy atom. The molecule has 1 aromatic heterocycles. The lowest BCUT2D eigenvalue weighted by atomic mass is 10.3. The van der Waals surface area contributed by atoms with Crippen molar-refractivity contribution < 1.29 is 18.3 Å². The second kappa shape index (κ2) is 6.31. The Morgan fingerprint density at radius 2 is 2.21 bits per heavy atom. The van der Waals surface area contributed by atoms with Crippen LogP contribution in [0.3, 0.4) is 0 Å². The van der Waals surface area contributed by atoms with Crippen LogP contribution in [0.1, 0.15) is 12.0 Å². The van der Waals surface area contributed by atoms with Gasteiger partial charge in [-0.05, 0) is 34.5 Å². The van der Waals surface area contributed by atoms with E-state index in [9.17, 15) is 13.2 Å². The molecule has 2 N–H and O–H groups in total. The molecular formula is C10H14BrN3O4S. The molecule has 0 unspecified atom stereocenters. The number of rotatable bonds is 6. The monoisotopic (exact) mass is 351 g/mol. The number of nitrogens with one attached hydrogen (secondary N) is 1. The number of anilines is 1. The van der Waals surface area contributed by atoms with Gasteiger partial charge in [0.1, 0.15) is 4.60 Å². The number of aryl methyl sites for hydroxylation is 1. The fraction of sp³-hybridized carbons (Fsp3) is 0.400. The van der Waals surface area contributed by atoms with E-state index in [1.165, 1.54) is 13.2 Å². The van der Waals surface area contributed by atoms with Crippen LogP contribution in [0.2, 0.25) is 0 Å². The minimum Gasteiger partial charge on any atom is -0.481 e. The fourth-order valence-electron chi connectivity index (χ4n) is 1.21. The molecule has 7 nitrogen and oxygen atoms in total. The molecule has 0 saturated heterocycles. The molecule has 0 amide bonds. The third-order valence-corrected chi connectivity index (χ3v) is 4.64. The van der Waals surface area contributed by atoms with Crippen LogP contribution in [0.25, 0.3) is 0 Å². The first-order chi connectivity index (χ1) is 8.72. The summed E-state index contributed by atoms with van der Waals surface area (Å²) in [4.78, 5) is 14.4. The summed E-state index contributed by atoms with van der Waals surface area (Å²) in [5.74, 6) is -1.05. The summed E-state index contributed by atoms with van der Waals surface area (Å²) in [5.41, 5.74) is 1.11. The van der Waals surface area contributed by atoms with Gasteiger partial charge in [0.2, 0.25) is 0 Å². The summed E-state index contributed by atoms with van der Waals surface area (Å²) in [6.45, 7) is 1.68. The predicted molar refractivity (Wildman–Crippen MR) is 74.1 cm³/mol. The SMILES string of the molecule is Cc1cc(NS(=O)(=O)N(C)CCC(=O)O)cnc1Br. The molecule has 0 bridgehead atoms. The molecule has 0 aliphatic carbocycles. The van der Waals surface area contributed by atoms with E-state index in [-0.39, 0.29) is 13.0 Å². The maximum atomic E-state index is 11.9. The zero-order valence-electron chi connectivity index (χ0n) is 10.4. The van der Waals surface area contributed by atoms with Crippen LogP contribution in [0, 0.1) is 6.92 Å². The Kier molecular flexibility index (Phi) is 5.27. The zero-order chi connectivity index (χ0) is 14.6.